The van der Waals surface area contributed by atoms with E-state index in [1.165, 1.54) is 35.0 Å². The van der Waals surface area contributed by atoms with Crippen LogP contribution in [-0.2, 0) is 6.54 Å². The highest BCUT2D eigenvalue weighted by Crippen LogP contribution is 2.37. The molecule has 1 aromatic heterocycles. The number of aromatic nitrogens is 1. The molecule has 4 rings (SSSR count). The Morgan fingerprint density at radius 3 is 2.82 bits per heavy atom. The summed E-state index contributed by atoms with van der Waals surface area (Å²) >= 11 is 0. The second kappa shape index (κ2) is 8.80. The van der Waals surface area contributed by atoms with Gasteiger partial charge < -0.3 is 19.5 Å². The van der Waals surface area contributed by atoms with Crippen LogP contribution < -0.4 is 10.1 Å². The minimum Gasteiger partial charge on any atom is -0.493 e. The predicted octanol–water partition coefficient (Wildman–Crippen LogP) is 4.25. The van der Waals surface area contributed by atoms with Gasteiger partial charge in [-0.05, 0) is 57.7 Å². The van der Waals surface area contributed by atoms with Gasteiger partial charge in [0.25, 0.3) is 0 Å². The van der Waals surface area contributed by atoms with Gasteiger partial charge in [0.1, 0.15) is 5.75 Å². The Bertz CT molecular complexity index is 917. The minimum absolute atomic E-state index is 0.514. The summed E-state index contributed by atoms with van der Waals surface area (Å²) in [5, 5.41) is 4.53. The van der Waals surface area contributed by atoms with Crippen molar-refractivity contribution >= 4 is 10.9 Å². The third kappa shape index (κ3) is 4.08. The van der Waals surface area contributed by atoms with E-state index in [0.29, 0.717) is 5.92 Å². The van der Waals surface area contributed by atoms with Gasteiger partial charge in [-0.2, -0.15) is 0 Å². The van der Waals surface area contributed by atoms with Crippen molar-refractivity contribution in [3.63, 3.8) is 0 Å². The van der Waals surface area contributed by atoms with E-state index >= 15 is 0 Å². The second-order valence-electron chi connectivity index (χ2n) is 7.92. The van der Waals surface area contributed by atoms with E-state index in [2.05, 4.69) is 76.4 Å². The highest BCUT2D eigenvalue weighted by atomic mass is 16.5. The lowest BCUT2D eigenvalue weighted by atomic mass is 10.0. The highest BCUT2D eigenvalue weighted by molar-refractivity contribution is 5.88. The zero-order valence-electron chi connectivity index (χ0n) is 17.0. The molecule has 1 aliphatic rings. The molecule has 3 aromatic rings. The number of para-hydroxylation sites is 2. The molecule has 1 atom stereocenters. The zero-order chi connectivity index (χ0) is 19.3. The van der Waals surface area contributed by atoms with Crippen LogP contribution in [0.15, 0.2) is 54.6 Å². The molecule has 0 bridgehead atoms. The molecule has 0 spiro atoms. The largest absolute Gasteiger partial charge is 0.493 e. The van der Waals surface area contributed by atoms with Crippen molar-refractivity contribution in [3.05, 3.63) is 54.6 Å². The first kappa shape index (κ1) is 19.0. The minimum atomic E-state index is 0.514. The standard InChI is InChI=1S/C24H31N3O/c1-25-13-15-26(2)14-7-8-19-17-27-22-11-5-3-9-20(22)16-23(27)21-10-4-6-12-24(21)28-18-19/h3-6,9-12,16,19,25H,7-8,13-15,17-18H2,1-2H3. The maximum absolute atomic E-state index is 6.28. The predicted molar refractivity (Wildman–Crippen MR) is 117 cm³/mol. The number of hydrogen-bond acceptors (Lipinski definition) is 3. The molecule has 0 saturated heterocycles. The fraction of sp³-hybridized carbons (Fsp3) is 0.417. The molecule has 2 aromatic carbocycles. The summed E-state index contributed by atoms with van der Waals surface area (Å²) in [6.07, 6.45) is 2.38. The Kier molecular flexibility index (Phi) is 5.98. The summed E-state index contributed by atoms with van der Waals surface area (Å²) in [7, 11) is 4.22. The van der Waals surface area contributed by atoms with Crippen LogP contribution in [0, 0.1) is 5.92 Å². The van der Waals surface area contributed by atoms with E-state index in [-0.39, 0.29) is 0 Å². The third-order valence-electron chi connectivity index (χ3n) is 5.78. The molecule has 0 saturated carbocycles. The summed E-state index contributed by atoms with van der Waals surface area (Å²) in [4.78, 5) is 2.41. The molecular formula is C24H31N3O. The summed E-state index contributed by atoms with van der Waals surface area (Å²) in [5.74, 6) is 1.52. The summed E-state index contributed by atoms with van der Waals surface area (Å²) < 4.78 is 8.79. The van der Waals surface area contributed by atoms with Crippen LogP contribution in [0.5, 0.6) is 5.75 Å². The fourth-order valence-electron chi connectivity index (χ4n) is 4.19. The summed E-state index contributed by atoms with van der Waals surface area (Å²) in [5.41, 5.74) is 3.79. The van der Waals surface area contributed by atoms with Gasteiger partial charge >= 0.3 is 0 Å². The summed E-state index contributed by atoms with van der Waals surface area (Å²) in [6.45, 7) is 5.06. The third-order valence-corrected chi connectivity index (χ3v) is 5.78. The van der Waals surface area contributed by atoms with Crippen LogP contribution in [0.3, 0.4) is 0 Å². The van der Waals surface area contributed by atoms with Gasteiger partial charge in [0.15, 0.2) is 0 Å². The van der Waals surface area contributed by atoms with E-state index < -0.39 is 0 Å². The average Bonchev–Trinajstić information content (AvgIpc) is 3.07. The fourth-order valence-corrected chi connectivity index (χ4v) is 4.19. The Balaban J connectivity index is 1.56. The molecule has 1 aliphatic heterocycles. The normalized spacial score (nSPS) is 16.3. The van der Waals surface area contributed by atoms with Crippen LogP contribution in [0.2, 0.25) is 0 Å². The molecule has 4 heteroatoms. The van der Waals surface area contributed by atoms with Gasteiger partial charge in [0.2, 0.25) is 0 Å². The number of fused-ring (bicyclic) bond motifs is 5. The molecular weight excluding hydrogens is 346 g/mol. The lowest BCUT2D eigenvalue weighted by Gasteiger charge is -2.26. The second-order valence-corrected chi connectivity index (χ2v) is 7.92. The lowest BCUT2D eigenvalue weighted by molar-refractivity contribution is 0.211. The molecule has 1 unspecified atom stereocenters. The average molecular weight is 378 g/mol. The number of likely N-dealkylation sites (N-methyl/N-ethyl adjacent to an activating group) is 2. The van der Waals surface area contributed by atoms with Crippen molar-refractivity contribution in [2.75, 3.05) is 40.3 Å². The van der Waals surface area contributed by atoms with Gasteiger partial charge in [-0.1, -0.05) is 30.3 Å². The van der Waals surface area contributed by atoms with Crippen LogP contribution in [0.25, 0.3) is 22.2 Å². The lowest BCUT2D eigenvalue weighted by Crippen LogP contribution is -2.29. The summed E-state index contributed by atoms with van der Waals surface area (Å²) in [6, 6.07) is 19.5. The SMILES string of the molecule is CNCCN(C)CCCC1COc2ccccc2-c2cc3ccccc3n2C1. The van der Waals surface area contributed by atoms with E-state index in [0.717, 1.165) is 38.5 Å². The number of rotatable bonds is 7. The van der Waals surface area contributed by atoms with E-state index in [1.807, 2.05) is 7.05 Å². The quantitative estimate of drug-likeness (QED) is 0.667. The van der Waals surface area contributed by atoms with Crippen LogP contribution in [-0.4, -0.2) is 49.8 Å². The Hall–Kier alpha value is -2.30. The molecule has 0 fully saturated rings. The Morgan fingerprint density at radius 1 is 1.11 bits per heavy atom. The maximum atomic E-state index is 6.28. The highest BCUT2D eigenvalue weighted by Gasteiger charge is 2.21. The maximum Gasteiger partial charge on any atom is 0.128 e. The zero-order valence-corrected chi connectivity index (χ0v) is 17.0. The molecule has 1 N–H and O–H groups in total. The van der Waals surface area contributed by atoms with Gasteiger partial charge in [-0.25, -0.2) is 0 Å². The van der Waals surface area contributed by atoms with Gasteiger partial charge in [-0.3, -0.25) is 0 Å². The van der Waals surface area contributed by atoms with Crippen molar-refractivity contribution in [1.82, 2.24) is 14.8 Å². The molecule has 0 amide bonds. The van der Waals surface area contributed by atoms with Crippen molar-refractivity contribution in [2.45, 2.75) is 19.4 Å². The molecule has 2 heterocycles. The van der Waals surface area contributed by atoms with Crippen LogP contribution in [0.1, 0.15) is 12.8 Å². The molecule has 28 heavy (non-hydrogen) atoms. The van der Waals surface area contributed by atoms with Crippen molar-refractivity contribution < 1.29 is 4.74 Å². The first-order valence-electron chi connectivity index (χ1n) is 10.4. The van der Waals surface area contributed by atoms with Crippen LogP contribution >= 0.6 is 0 Å². The Morgan fingerprint density at radius 2 is 1.93 bits per heavy atom. The van der Waals surface area contributed by atoms with E-state index in [4.69, 9.17) is 4.74 Å². The first-order valence-corrected chi connectivity index (χ1v) is 10.4. The van der Waals surface area contributed by atoms with E-state index in [1.54, 1.807) is 0 Å². The monoisotopic (exact) mass is 377 g/mol. The molecule has 148 valence electrons. The van der Waals surface area contributed by atoms with Gasteiger partial charge in [0.05, 0.1) is 12.3 Å². The van der Waals surface area contributed by atoms with Gasteiger partial charge in [0, 0.05) is 42.0 Å². The smallest absolute Gasteiger partial charge is 0.128 e. The first-order chi connectivity index (χ1) is 13.8. The number of hydrogen-bond donors (Lipinski definition) is 1. The number of nitrogens with zero attached hydrogens (tertiary/aromatic N) is 2. The number of nitrogens with one attached hydrogen (secondary N) is 1. The van der Waals surface area contributed by atoms with Gasteiger partial charge in [-0.15, -0.1) is 0 Å². The Labute approximate surface area is 168 Å². The molecule has 0 radical (unpaired) electrons. The van der Waals surface area contributed by atoms with Crippen LogP contribution in [0.4, 0.5) is 0 Å². The number of benzene rings is 2. The van der Waals surface area contributed by atoms with E-state index in [9.17, 15) is 0 Å². The number of ether oxygens (including phenoxy) is 1. The molecule has 4 nitrogen and oxygen atoms in total. The topological polar surface area (TPSA) is 29.4 Å². The van der Waals surface area contributed by atoms with Crippen molar-refractivity contribution in [2.24, 2.45) is 5.92 Å². The molecule has 0 aliphatic carbocycles. The van der Waals surface area contributed by atoms with Crippen molar-refractivity contribution in [1.29, 1.82) is 0 Å². The van der Waals surface area contributed by atoms with Crippen molar-refractivity contribution in [3.8, 4) is 17.0 Å².